The quantitative estimate of drug-likeness (QED) is 0.879. The molecule has 0 bridgehead atoms. The molecule has 1 N–H and O–H groups in total. The van der Waals surface area contributed by atoms with E-state index in [0.29, 0.717) is 4.47 Å². The summed E-state index contributed by atoms with van der Waals surface area (Å²) in [6.07, 6.45) is 0.755. The van der Waals surface area contributed by atoms with Crippen LogP contribution in [0.1, 0.15) is 29.7 Å². The van der Waals surface area contributed by atoms with Crippen LogP contribution in [-0.4, -0.2) is 7.05 Å². The minimum absolute atomic E-state index is 0.0701. The van der Waals surface area contributed by atoms with Crippen molar-refractivity contribution >= 4 is 15.9 Å². The van der Waals surface area contributed by atoms with Gasteiger partial charge in [0.15, 0.2) is 0 Å². The first-order valence-electron chi connectivity index (χ1n) is 6.57. The summed E-state index contributed by atoms with van der Waals surface area (Å²) in [6, 6.07) is 13.3. The van der Waals surface area contributed by atoms with Crippen molar-refractivity contribution in [2.45, 2.75) is 18.6 Å². The number of halogens is 2. The van der Waals surface area contributed by atoms with Gasteiger partial charge in [0.05, 0.1) is 4.47 Å². The third kappa shape index (κ3) is 2.45. The summed E-state index contributed by atoms with van der Waals surface area (Å²) < 4.78 is 19.9. The largest absolute Gasteiger partial charge is 0.485 e. The fraction of sp³-hybridized carbons (Fsp3) is 0.250. The highest BCUT2D eigenvalue weighted by Crippen LogP contribution is 2.40. The van der Waals surface area contributed by atoms with E-state index in [1.807, 2.05) is 25.2 Å². The molecule has 2 nitrogen and oxygen atoms in total. The van der Waals surface area contributed by atoms with E-state index in [0.717, 1.165) is 17.7 Å². The fourth-order valence-corrected chi connectivity index (χ4v) is 3.00. The van der Waals surface area contributed by atoms with Gasteiger partial charge in [-0.05, 0) is 46.7 Å². The van der Waals surface area contributed by atoms with Gasteiger partial charge >= 0.3 is 0 Å². The molecular formula is C16H15BrFNO. The van der Waals surface area contributed by atoms with Crippen LogP contribution >= 0.6 is 15.9 Å². The molecule has 1 aliphatic rings. The highest BCUT2D eigenvalue weighted by molar-refractivity contribution is 9.10. The molecule has 2 aromatic carbocycles. The maximum atomic E-state index is 13.3. The van der Waals surface area contributed by atoms with Crippen molar-refractivity contribution in [1.82, 2.24) is 5.32 Å². The van der Waals surface area contributed by atoms with Crippen LogP contribution in [0.4, 0.5) is 4.39 Å². The van der Waals surface area contributed by atoms with Crippen molar-refractivity contribution in [2.24, 2.45) is 0 Å². The lowest BCUT2D eigenvalue weighted by Crippen LogP contribution is -2.26. The summed E-state index contributed by atoms with van der Waals surface area (Å²) in [5.41, 5.74) is 2.15. The molecule has 0 saturated carbocycles. The Morgan fingerprint density at radius 1 is 1.25 bits per heavy atom. The van der Waals surface area contributed by atoms with Crippen LogP contribution in [0, 0.1) is 5.82 Å². The van der Waals surface area contributed by atoms with Crippen LogP contribution < -0.4 is 10.1 Å². The second-order valence-electron chi connectivity index (χ2n) is 4.89. The number of rotatable bonds is 2. The lowest BCUT2D eigenvalue weighted by molar-refractivity contribution is 0.154. The smallest absolute Gasteiger partial charge is 0.137 e. The predicted octanol–water partition coefficient (Wildman–Crippen LogP) is 4.37. The van der Waals surface area contributed by atoms with Crippen LogP contribution in [0.2, 0.25) is 0 Å². The molecule has 3 rings (SSSR count). The Morgan fingerprint density at radius 2 is 2.05 bits per heavy atom. The van der Waals surface area contributed by atoms with Crippen LogP contribution in [0.25, 0.3) is 0 Å². The normalized spacial score (nSPS) is 21.1. The number of para-hydroxylation sites is 1. The molecular weight excluding hydrogens is 321 g/mol. The van der Waals surface area contributed by atoms with E-state index in [1.165, 1.54) is 11.6 Å². The Labute approximate surface area is 126 Å². The molecule has 0 fully saturated rings. The van der Waals surface area contributed by atoms with E-state index >= 15 is 0 Å². The van der Waals surface area contributed by atoms with Crippen molar-refractivity contribution in [1.29, 1.82) is 0 Å². The average molecular weight is 336 g/mol. The number of fused-ring (bicyclic) bond motifs is 1. The van der Waals surface area contributed by atoms with E-state index in [1.54, 1.807) is 12.1 Å². The van der Waals surface area contributed by atoms with Gasteiger partial charge in [0.25, 0.3) is 0 Å². The zero-order chi connectivity index (χ0) is 14.1. The average Bonchev–Trinajstić information content (AvgIpc) is 2.49. The third-order valence-electron chi connectivity index (χ3n) is 3.68. The van der Waals surface area contributed by atoms with Crippen LogP contribution in [-0.2, 0) is 0 Å². The Balaban J connectivity index is 1.95. The zero-order valence-electron chi connectivity index (χ0n) is 11.1. The van der Waals surface area contributed by atoms with Gasteiger partial charge in [0.2, 0.25) is 0 Å². The Hall–Kier alpha value is -1.39. The maximum absolute atomic E-state index is 13.3. The molecule has 0 amide bonds. The van der Waals surface area contributed by atoms with Gasteiger partial charge in [0, 0.05) is 18.0 Å². The highest BCUT2D eigenvalue weighted by atomic mass is 79.9. The van der Waals surface area contributed by atoms with Gasteiger partial charge in [-0.25, -0.2) is 4.39 Å². The van der Waals surface area contributed by atoms with Gasteiger partial charge in [-0.3, -0.25) is 0 Å². The van der Waals surface area contributed by atoms with Gasteiger partial charge in [-0.2, -0.15) is 0 Å². The van der Waals surface area contributed by atoms with Crippen LogP contribution in [0.15, 0.2) is 46.9 Å². The first-order chi connectivity index (χ1) is 9.69. The summed E-state index contributed by atoms with van der Waals surface area (Å²) in [6.45, 7) is 0. The molecule has 2 unspecified atom stereocenters. The van der Waals surface area contributed by atoms with Gasteiger partial charge in [-0.1, -0.05) is 24.3 Å². The summed E-state index contributed by atoms with van der Waals surface area (Å²) >= 11 is 3.23. The Bertz CT molecular complexity index is 632. The van der Waals surface area contributed by atoms with Crippen molar-refractivity contribution in [3.8, 4) is 5.75 Å². The first kappa shape index (κ1) is 13.6. The van der Waals surface area contributed by atoms with Crippen molar-refractivity contribution in [3.63, 3.8) is 0 Å². The predicted molar refractivity (Wildman–Crippen MR) is 80.3 cm³/mol. The van der Waals surface area contributed by atoms with Crippen molar-refractivity contribution in [3.05, 3.63) is 63.9 Å². The molecule has 1 aliphatic heterocycles. The van der Waals surface area contributed by atoms with Gasteiger partial charge < -0.3 is 10.1 Å². The molecule has 20 heavy (non-hydrogen) atoms. The van der Waals surface area contributed by atoms with Crippen molar-refractivity contribution < 1.29 is 9.13 Å². The summed E-state index contributed by atoms with van der Waals surface area (Å²) in [4.78, 5) is 0. The monoisotopic (exact) mass is 335 g/mol. The second kappa shape index (κ2) is 5.54. The van der Waals surface area contributed by atoms with E-state index in [-0.39, 0.29) is 18.0 Å². The van der Waals surface area contributed by atoms with E-state index in [2.05, 4.69) is 27.3 Å². The fourth-order valence-electron chi connectivity index (χ4n) is 2.61. The molecule has 104 valence electrons. The third-order valence-corrected chi connectivity index (χ3v) is 4.29. The first-order valence-corrected chi connectivity index (χ1v) is 7.36. The molecule has 0 radical (unpaired) electrons. The topological polar surface area (TPSA) is 21.3 Å². The zero-order valence-corrected chi connectivity index (χ0v) is 12.7. The molecule has 0 aliphatic carbocycles. The van der Waals surface area contributed by atoms with E-state index in [4.69, 9.17) is 4.74 Å². The maximum Gasteiger partial charge on any atom is 0.137 e. The standard InChI is InChI=1S/C16H15BrFNO/c1-19-14-9-16(10-6-7-13(18)12(17)8-10)20-15-5-3-2-4-11(14)15/h2-8,14,16,19H,9H2,1H3. The molecule has 0 spiro atoms. The molecule has 2 aromatic rings. The molecule has 1 heterocycles. The summed E-state index contributed by atoms with van der Waals surface area (Å²) in [7, 11) is 1.95. The number of hydrogen-bond acceptors (Lipinski definition) is 2. The number of benzene rings is 2. The van der Waals surface area contributed by atoms with Gasteiger partial charge in [0.1, 0.15) is 17.7 Å². The number of nitrogens with one attached hydrogen (secondary N) is 1. The van der Waals surface area contributed by atoms with Crippen molar-refractivity contribution in [2.75, 3.05) is 7.05 Å². The Morgan fingerprint density at radius 3 is 2.80 bits per heavy atom. The SMILES string of the molecule is CNC1CC(c2ccc(F)c(Br)c2)Oc2ccccc21. The number of hydrogen-bond donors (Lipinski definition) is 1. The molecule has 4 heteroatoms. The molecule has 2 atom stereocenters. The Kier molecular flexibility index (Phi) is 3.76. The minimum Gasteiger partial charge on any atom is -0.485 e. The van der Waals surface area contributed by atoms with Gasteiger partial charge in [-0.15, -0.1) is 0 Å². The summed E-state index contributed by atoms with van der Waals surface area (Å²) in [5.74, 6) is 0.638. The molecule has 0 aromatic heterocycles. The lowest BCUT2D eigenvalue weighted by Gasteiger charge is -2.32. The minimum atomic E-state index is -0.255. The van der Waals surface area contributed by atoms with Crippen LogP contribution in [0.3, 0.4) is 0 Å². The molecule has 0 saturated heterocycles. The lowest BCUT2D eigenvalue weighted by atomic mass is 9.93. The van der Waals surface area contributed by atoms with E-state index in [9.17, 15) is 4.39 Å². The number of ether oxygens (including phenoxy) is 1. The second-order valence-corrected chi connectivity index (χ2v) is 5.75. The summed E-state index contributed by atoms with van der Waals surface area (Å²) in [5, 5.41) is 3.32. The highest BCUT2D eigenvalue weighted by Gasteiger charge is 2.28. The van der Waals surface area contributed by atoms with E-state index < -0.39 is 0 Å². The van der Waals surface area contributed by atoms with Crippen LogP contribution in [0.5, 0.6) is 5.75 Å².